The Morgan fingerprint density at radius 1 is 1.16 bits per heavy atom. The van der Waals surface area contributed by atoms with E-state index in [1.54, 1.807) is 13.4 Å². The van der Waals surface area contributed by atoms with Crippen molar-refractivity contribution in [2.24, 2.45) is 14.1 Å². The van der Waals surface area contributed by atoms with Crippen LogP contribution in [0.15, 0.2) is 46.4 Å². The number of aromatic nitrogens is 5. The van der Waals surface area contributed by atoms with E-state index in [1.807, 2.05) is 16.8 Å². The number of nitrogens with zero attached hydrogens (tertiary/aromatic N) is 5. The molecule has 0 spiro atoms. The molecule has 3 aromatic heterocycles. The van der Waals surface area contributed by atoms with E-state index in [4.69, 9.17) is 0 Å². The van der Waals surface area contributed by atoms with Crippen molar-refractivity contribution in [3.63, 3.8) is 0 Å². The van der Waals surface area contributed by atoms with Crippen molar-refractivity contribution in [1.82, 2.24) is 28.6 Å². The van der Waals surface area contributed by atoms with E-state index >= 15 is 0 Å². The zero-order chi connectivity index (χ0) is 21.7. The summed E-state index contributed by atoms with van der Waals surface area (Å²) in [5.74, 6) is -0.244. The molecule has 0 aliphatic carbocycles. The fourth-order valence-electron chi connectivity index (χ4n) is 4.34. The monoisotopic (exact) mass is 422 g/mol. The topological polar surface area (TPSA) is 80.8 Å². The Kier molecular flexibility index (Phi) is 4.62. The number of halogens is 1. The molecule has 5 rings (SSSR count). The summed E-state index contributed by atoms with van der Waals surface area (Å²) >= 11 is 0. The number of aromatic amines is 1. The van der Waals surface area contributed by atoms with Gasteiger partial charge in [-0.25, -0.2) is 14.2 Å². The number of benzene rings is 1. The molecule has 1 aliphatic rings. The highest BCUT2D eigenvalue weighted by Gasteiger charge is 2.18. The highest BCUT2D eigenvalue weighted by molar-refractivity contribution is 5.92. The second kappa shape index (κ2) is 7.35. The Labute approximate surface area is 176 Å². The molecule has 9 heteroatoms. The van der Waals surface area contributed by atoms with E-state index < -0.39 is 0 Å². The van der Waals surface area contributed by atoms with Crippen LogP contribution in [0.3, 0.4) is 0 Å². The summed E-state index contributed by atoms with van der Waals surface area (Å²) in [7, 11) is 3.11. The summed E-state index contributed by atoms with van der Waals surface area (Å²) in [6.45, 7) is 3.06. The molecular formula is C22H23FN6O2. The van der Waals surface area contributed by atoms with Crippen molar-refractivity contribution in [3.05, 3.63) is 69.0 Å². The van der Waals surface area contributed by atoms with Crippen LogP contribution in [0.2, 0.25) is 0 Å². The Morgan fingerprint density at radius 3 is 2.77 bits per heavy atom. The van der Waals surface area contributed by atoms with Crippen LogP contribution in [0.25, 0.3) is 27.6 Å². The summed E-state index contributed by atoms with van der Waals surface area (Å²) < 4.78 is 17.8. The predicted molar refractivity (Wildman–Crippen MR) is 118 cm³/mol. The first-order valence-corrected chi connectivity index (χ1v) is 10.2. The van der Waals surface area contributed by atoms with Crippen LogP contribution >= 0.6 is 0 Å². The molecule has 1 N–H and O–H groups in total. The average Bonchev–Trinajstić information content (AvgIpc) is 3.39. The third-order valence-electron chi connectivity index (χ3n) is 6.16. The molecule has 0 atom stereocenters. The maximum absolute atomic E-state index is 13.4. The Morgan fingerprint density at radius 2 is 2.00 bits per heavy atom. The van der Waals surface area contributed by atoms with Crippen molar-refractivity contribution in [3.8, 4) is 0 Å². The van der Waals surface area contributed by atoms with Gasteiger partial charge in [-0.2, -0.15) is 0 Å². The lowest BCUT2D eigenvalue weighted by Crippen LogP contribution is -2.38. The Bertz CT molecular complexity index is 1450. The molecule has 160 valence electrons. The molecule has 0 saturated carbocycles. The predicted octanol–water partition coefficient (Wildman–Crippen LogP) is 1.84. The molecule has 0 saturated heterocycles. The molecule has 8 nitrogen and oxygen atoms in total. The van der Waals surface area contributed by atoms with Crippen LogP contribution in [-0.2, 0) is 20.6 Å². The minimum absolute atomic E-state index is 0.244. The fourth-order valence-corrected chi connectivity index (χ4v) is 4.34. The zero-order valence-corrected chi connectivity index (χ0v) is 17.4. The number of nitrogens with one attached hydrogen (secondary N) is 1. The van der Waals surface area contributed by atoms with E-state index in [0.717, 1.165) is 47.1 Å². The van der Waals surface area contributed by atoms with E-state index in [9.17, 15) is 14.0 Å². The van der Waals surface area contributed by atoms with Gasteiger partial charge in [0.15, 0.2) is 11.2 Å². The maximum Gasteiger partial charge on any atom is 0.332 e. The zero-order valence-electron chi connectivity index (χ0n) is 17.4. The van der Waals surface area contributed by atoms with Crippen molar-refractivity contribution in [2.75, 3.05) is 19.6 Å². The number of aryl methyl sites for hydroxylation is 1. The molecule has 0 fully saturated rings. The SMILES string of the molecule is Cn1c(=O)c2c(ncn2CCN2CC=C(c3c[nH]c4cc(F)ccc34)CC2)n(C)c1=O. The lowest BCUT2D eigenvalue weighted by atomic mass is 9.99. The van der Waals surface area contributed by atoms with E-state index in [0.29, 0.717) is 17.7 Å². The van der Waals surface area contributed by atoms with Gasteiger partial charge in [-0.15, -0.1) is 0 Å². The van der Waals surface area contributed by atoms with Crippen LogP contribution in [0, 0.1) is 5.82 Å². The molecule has 0 radical (unpaired) electrons. The lowest BCUT2D eigenvalue weighted by Gasteiger charge is -2.26. The quantitative estimate of drug-likeness (QED) is 0.544. The first-order valence-electron chi connectivity index (χ1n) is 10.2. The Hall–Kier alpha value is -3.46. The highest BCUT2D eigenvalue weighted by Crippen LogP contribution is 2.29. The van der Waals surface area contributed by atoms with Crippen LogP contribution in [0.5, 0.6) is 0 Å². The van der Waals surface area contributed by atoms with Crippen molar-refractivity contribution >= 4 is 27.6 Å². The lowest BCUT2D eigenvalue weighted by molar-refractivity contribution is 0.290. The molecule has 1 aliphatic heterocycles. The molecule has 1 aromatic carbocycles. The molecular weight excluding hydrogens is 399 g/mol. The highest BCUT2D eigenvalue weighted by atomic mass is 19.1. The van der Waals surface area contributed by atoms with Crippen LogP contribution in [-0.4, -0.2) is 48.2 Å². The maximum atomic E-state index is 13.4. The minimum atomic E-state index is -0.378. The van der Waals surface area contributed by atoms with Crippen molar-refractivity contribution in [2.45, 2.75) is 13.0 Å². The van der Waals surface area contributed by atoms with Crippen LogP contribution in [0.4, 0.5) is 4.39 Å². The van der Waals surface area contributed by atoms with Gasteiger partial charge >= 0.3 is 5.69 Å². The number of H-pyrrole nitrogens is 1. The molecule has 31 heavy (non-hydrogen) atoms. The van der Waals surface area contributed by atoms with Gasteiger partial charge in [0.1, 0.15) is 5.82 Å². The van der Waals surface area contributed by atoms with E-state index in [-0.39, 0.29) is 17.1 Å². The summed E-state index contributed by atoms with van der Waals surface area (Å²) in [4.78, 5) is 34.4. The molecule has 0 unspecified atom stereocenters. The van der Waals surface area contributed by atoms with E-state index in [1.165, 1.54) is 29.3 Å². The first-order chi connectivity index (χ1) is 14.9. The van der Waals surface area contributed by atoms with Crippen molar-refractivity contribution in [1.29, 1.82) is 0 Å². The van der Waals surface area contributed by atoms with Crippen LogP contribution < -0.4 is 11.2 Å². The van der Waals surface area contributed by atoms with Gasteiger partial charge in [-0.3, -0.25) is 18.8 Å². The van der Waals surface area contributed by atoms with Gasteiger partial charge in [0.25, 0.3) is 5.56 Å². The largest absolute Gasteiger partial charge is 0.360 e. The fraction of sp³-hybridized carbons (Fsp3) is 0.318. The third kappa shape index (κ3) is 3.21. The summed E-state index contributed by atoms with van der Waals surface area (Å²) in [6.07, 6.45) is 6.68. The third-order valence-corrected chi connectivity index (χ3v) is 6.16. The number of fused-ring (bicyclic) bond motifs is 2. The summed E-state index contributed by atoms with van der Waals surface area (Å²) in [5.41, 5.74) is 3.34. The van der Waals surface area contributed by atoms with Gasteiger partial charge in [-0.05, 0) is 30.2 Å². The van der Waals surface area contributed by atoms with Gasteiger partial charge in [0, 0.05) is 62.9 Å². The standard InChI is InChI=1S/C22H23FN6O2/c1-26-20-19(21(30)27(2)22(26)31)29(13-25-20)10-9-28-7-5-14(6-8-28)17-12-24-18-11-15(23)3-4-16(17)18/h3-5,11-13,24H,6-10H2,1-2H3. The molecule has 4 heterocycles. The molecule has 0 amide bonds. The van der Waals surface area contributed by atoms with Crippen molar-refractivity contribution < 1.29 is 4.39 Å². The van der Waals surface area contributed by atoms with Gasteiger partial charge in [0.05, 0.1) is 6.33 Å². The smallest absolute Gasteiger partial charge is 0.332 e. The number of hydrogen-bond donors (Lipinski definition) is 1. The van der Waals surface area contributed by atoms with Gasteiger partial charge < -0.3 is 9.55 Å². The average molecular weight is 422 g/mol. The summed E-state index contributed by atoms with van der Waals surface area (Å²) in [5, 5.41) is 1.03. The second-order valence-corrected chi connectivity index (χ2v) is 7.99. The number of rotatable bonds is 4. The number of imidazole rings is 1. The van der Waals surface area contributed by atoms with Crippen LogP contribution in [0.1, 0.15) is 12.0 Å². The molecule has 4 aromatic rings. The minimum Gasteiger partial charge on any atom is -0.360 e. The molecule has 0 bridgehead atoms. The Balaban J connectivity index is 1.33. The van der Waals surface area contributed by atoms with Gasteiger partial charge in [0.2, 0.25) is 0 Å². The second-order valence-electron chi connectivity index (χ2n) is 7.99. The first kappa shape index (κ1) is 19.5. The normalized spacial score (nSPS) is 15.1. The number of hydrogen-bond acceptors (Lipinski definition) is 4. The van der Waals surface area contributed by atoms with Gasteiger partial charge in [-0.1, -0.05) is 6.08 Å². The van der Waals surface area contributed by atoms with E-state index in [2.05, 4.69) is 20.9 Å². The summed E-state index contributed by atoms with van der Waals surface area (Å²) in [6, 6.07) is 4.83.